The molecular weight excluding hydrogens is 424 g/mol. The largest absolute Gasteiger partial charge is 0.368 e. The number of alkyl halides is 2. The van der Waals surface area contributed by atoms with Crippen LogP contribution in [0.2, 0.25) is 0 Å². The van der Waals surface area contributed by atoms with Crippen molar-refractivity contribution in [1.29, 1.82) is 0 Å². The Bertz CT molecular complexity index is 1130. The summed E-state index contributed by atoms with van der Waals surface area (Å²) in [5, 5.41) is 3.73. The van der Waals surface area contributed by atoms with Gasteiger partial charge >= 0.3 is 0 Å². The molecule has 3 atom stereocenters. The van der Waals surface area contributed by atoms with Gasteiger partial charge in [0.2, 0.25) is 0 Å². The van der Waals surface area contributed by atoms with E-state index < -0.39 is 6.43 Å². The first kappa shape index (κ1) is 23.0. The third kappa shape index (κ3) is 5.27. The Morgan fingerprint density at radius 3 is 2.82 bits per heavy atom. The molecular formula is C25H29F2N5O. The number of fused-ring (bicyclic) bond motifs is 1. The van der Waals surface area contributed by atoms with Crippen molar-refractivity contribution in [3.63, 3.8) is 0 Å². The number of anilines is 2. The second-order valence-electron chi connectivity index (χ2n) is 9.03. The van der Waals surface area contributed by atoms with Gasteiger partial charge in [0.1, 0.15) is 0 Å². The molecule has 0 bridgehead atoms. The fourth-order valence-electron chi connectivity index (χ4n) is 4.82. The van der Waals surface area contributed by atoms with Gasteiger partial charge in [-0.25, -0.2) is 8.78 Å². The first-order chi connectivity index (χ1) is 15.8. The highest BCUT2D eigenvalue weighted by Gasteiger charge is 2.27. The number of pyridine rings is 2. The zero-order chi connectivity index (χ0) is 23.5. The van der Waals surface area contributed by atoms with Gasteiger partial charge in [-0.05, 0) is 54.9 Å². The maximum atomic E-state index is 13.2. The van der Waals surface area contributed by atoms with Crippen molar-refractivity contribution in [2.45, 2.75) is 44.6 Å². The standard InChI is InChI=1S/C25H29F2N5O/c1-15-8-17(10-18(28)9-15)20-6-7-29-13-22(20)31-25(33)21-5-3-4-16-11-19(12-30-24(16)21)32(2)14-23(26)27/h3-7,11-13,15,17-18,23H,8-10,14,28H2,1-2H3,(H,31,33). The van der Waals surface area contributed by atoms with Crippen molar-refractivity contribution in [2.75, 3.05) is 23.8 Å². The van der Waals surface area contributed by atoms with E-state index in [0.29, 0.717) is 33.8 Å². The van der Waals surface area contributed by atoms with Crippen LogP contribution in [0.1, 0.15) is 48.0 Å². The van der Waals surface area contributed by atoms with Gasteiger partial charge < -0.3 is 16.0 Å². The Labute approximate surface area is 192 Å². The monoisotopic (exact) mass is 453 g/mol. The van der Waals surface area contributed by atoms with E-state index in [2.05, 4.69) is 22.2 Å². The highest BCUT2D eigenvalue weighted by molar-refractivity contribution is 6.12. The number of hydrogen-bond acceptors (Lipinski definition) is 5. The maximum absolute atomic E-state index is 13.2. The first-order valence-corrected chi connectivity index (χ1v) is 11.2. The van der Waals surface area contributed by atoms with E-state index in [1.807, 2.05) is 12.1 Å². The van der Waals surface area contributed by atoms with Crippen molar-refractivity contribution >= 4 is 28.2 Å². The highest BCUT2D eigenvalue weighted by Crippen LogP contribution is 2.38. The molecule has 1 fully saturated rings. The molecule has 3 unspecified atom stereocenters. The normalized spacial score (nSPS) is 20.7. The van der Waals surface area contributed by atoms with Gasteiger partial charge in [-0.2, -0.15) is 0 Å². The van der Waals surface area contributed by atoms with Crippen molar-refractivity contribution in [3.05, 3.63) is 60.0 Å². The topological polar surface area (TPSA) is 84.1 Å². The molecule has 1 saturated carbocycles. The summed E-state index contributed by atoms with van der Waals surface area (Å²) in [4.78, 5) is 23.3. The Morgan fingerprint density at radius 1 is 1.24 bits per heavy atom. The molecule has 6 nitrogen and oxygen atoms in total. The lowest BCUT2D eigenvalue weighted by atomic mass is 9.76. The summed E-state index contributed by atoms with van der Waals surface area (Å²) >= 11 is 0. The summed E-state index contributed by atoms with van der Waals surface area (Å²) in [5.41, 5.74) is 9.49. The number of para-hydroxylation sites is 1. The Hall–Kier alpha value is -3.13. The summed E-state index contributed by atoms with van der Waals surface area (Å²) in [6, 6.07) is 9.16. The number of amides is 1. The smallest absolute Gasteiger partial charge is 0.257 e. The van der Waals surface area contributed by atoms with E-state index in [4.69, 9.17) is 5.73 Å². The average molecular weight is 454 g/mol. The molecule has 2 heterocycles. The molecule has 3 aromatic rings. The summed E-state index contributed by atoms with van der Waals surface area (Å²) in [6.07, 6.45) is 5.40. The number of carbonyl (C=O) groups excluding carboxylic acids is 1. The van der Waals surface area contributed by atoms with Crippen LogP contribution in [0, 0.1) is 5.92 Å². The molecule has 2 aromatic heterocycles. The molecule has 3 N–H and O–H groups in total. The minimum absolute atomic E-state index is 0.148. The first-order valence-electron chi connectivity index (χ1n) is 11.2. The van der Waals surface area contributed by atoms with E-state index in [1.54, 1.807) is 37.6 Å². The molecule has 8 heteroatoms. The van der Waals surface area contributed by atoms with Crippen molar-refractivity contribution < 1.29 is 13.6 Å². The lowest BCUT2D eigenvalue weighted by Crippen LogP contribution is -2.31. The van der Waals surface area contributed by atoms with Gasteiger partial charge in [0, 0.05) is 24.7 Å². The summed E-state index contributed by atoms with van der Waals surface area (Å²) in [7, 11) is 1.59. The molecule has 0 saturated heterocycles. The molecule has 1 amide bonds. The van der Waals surface area contributed by atoms with Crippen LogP contribution in [-0.2, 0) is 0 Å². The third-order valence-electron chi connectivity index (χ3n) is 6.32. The minimum atomic E-state index is -2.45. The van der Waals surface area contributed by atoms with Gasteiger partial charge in [0.05, 0.1) is 41.4 Å². The van der Waals surface area contributed by atoms with E-state index in [9.17, 15) is 13.6 Å². The van der Waals surface area contributed by atoms with Crippen molar-refractivity contribution in [2.24, 2.45) is 11.7 Å². The van der Waals surface area contributed by atoms with Crippen LogP contribution in [0.4, 0.5) is 20.2 Å². The Kier molecular flexibility index (Phi) is 6.83. The number of nitrogens with two attached hydrogens (primary N) is 1. The van der Waals surface area contributed by atoms with E-state index >= 15 is 0 Å². The van der Waals surface area contributed by atoms with Gasteiger partial charge in [-0.15, -0.1) is 0 Å². The number of aromatic nitrogens is 2. The number of carbonyl (C=O) groups is 1. The van der Waals surface area contributed by atoms with Crippen molar-refractivity contribution in [3.8, 4) is 0 Å². The van der Waals surface area contributed by atoms with Crippen LogP contribution >= 0.6 is 0 Å². The lowest BCUT2D eigenvalue weighted by molar-refractivity contribution is 0.102. The number of benzene rings is 1. The van der Waals surface area contributed by atoms with E-state index in [-0.39, 0.29) is 24.4 Å². The van der Waals surface area contributed by atoms with Gasteiger partial charge in [0.25, 0.3) is 12.3 Å². The highest BCUT2D eigenvalue weighted by atomic mass is 19.3. The van der Waals surface area contributed by atoms with E-state index in [1.165, 1.54) is 11.1 Å². The zero-order valence-corrected chi connectivity index (χ0v) is 18.8. The fraction of sp³-hybridized carbons (Fsp3) is 0.400. The van der Waals surface area contributed by atoms with Crippen LogP contribution in [0.25, 0.3) is 10.9 Å². The summed E-state index contributed by atoms with van der Waals surface area (Å²) in [5.74, 6) is 0.500. The number of hydrogen-bond donors (Lipinski definition) is 2. The summed E-state index contributed by atoms with van der Waals surface area (Å²) < 4.78 is 25.5. The second-order valence-corrected chi connectivity index (χ2v) is 9.03. The number of nitrogens with one attached hydrogen (secondary N) is 1. The molecule has 1 aliphatic carbocycles. The zero-order valence-electron chi connectivity index (χ0n) is 18.8. The van der Waals surface area contributed by atoms with Crippen LogP contribution in [0.3, 0.4) is 0 Å². The van der Waals surface area contributed by atoms with Crippen LogP contribution in [0.15, 0.2) is 48.9 Å². The van der Waals surface area contributed by atoms with Crippen LogP contribution < -0.4 is 16.0 Å². The predicted octanol–water partition coefficient (Wildman–Crippen LogP) is 4.81. The van der Waals surface area contributed by atoms with Gasteiger partial charge in [0.15, 0.2) is 0 Å². The molecule has 174 valence electrons. The molecule has 0 spiro atoms. The lowest BCUT2D eigenvalue weighted by Gasteiger charge is -2.32. The predicted molar refractivity (Wildman–Crippen MR) is 127 cm³/mol. The molecule has 0 aliphatic heterocycles. The average Bonchev–Trinajstić information content (AvgIpc) is 2.77. The van der Waals surface area contributed by atoms with Crippen LogP contribution in [-0.4, -0.2) is 41.9 Å². The SMILES string of the molecule is CC1CC(N)CC(c2ccncc2NC(=O)c2cccc3cc(N(C)CC(F)F)cnc23)C1. The van der Waals surface area contributed by atoms with Crippen LogP contribution in [0.5, 0.6) is 0 Å². The molecule has 33 heavy (non-hydrogen) atoms. The van der Waals surface area contributed by atoms with E-state index in [0.717, 1.165) is 24.8 Å². The number of nitrogens with zero attached hydrogens (tertiary/aromatic N) is 3. The van der Waals surface area contributed by atoms with Gasteiger partial charge in [-0.3, -0.25) is 14.8 Å². The second kappa shape index (κ2) is 9.79. The molecule has 1 aromatic carbocycles. The summed E-state index contributed by atoms with van der Waals surface area (Å²) in [6.45, 7) is 1.82. The molecule has 4 rings (SSSR count). The molecule has 1 aliphatic rings. The Morgan fingerprint density at radius 2 is 2.06 bits per heavy atom. The Balaban J connectivity index is 1.60. The van der Waals surface area contributed by atoms with Crippen molar-refractivity contribution in [1.82, 2.24) is 9.97 Å². The number of halogens is 2. The maximum Gasteiger partial charge on any atom is 0.257 e. The molecule has 0 radical (unpaired) electrons. The minimum Gasteiger partial charge on any atom is -0.368 e. The fourth-order valence-corrected chi connectivity index (χ4v) is 4.82. The third-order valence-corrected chi connectivity index (χ3v) is 6.32. The quantitative estimate of drug-likeness (QED) is 0.559. The van der Waals surface area contributed by atoms with Gasteiger partial charge in [-0.1, -0.05) is 19.1 Å². The number of rotatable bonds is 6.